The van der Waals surface area contributed by atoms with Crippen LogP contribution in [0.4, 0.5) is 0 Å². The summed E-state index contributed by atoms with van der Waals surface area (Å²) in [7, 11) is 0. The number of para-hydroxylation sites is 6. The normalized spacial score (nSPS) is 11.8. The third-order valence-corrected chi connectivity index (χ3v) is 13.5. The summed E-state index contributed by atoms with van der Waals surface area (Å²) >= 11 is 0. The molecule has 71 heavy (non-hydrogen) atoms. The monoisotopic (exact) mass is 1090 g/mol. The van der Waals surface area contributed by atoms with Crippen molar-refractivity contribution in [1.29, 1.82) is 0 Å². The second kappa shape index (κ2) is 17.6. The number of hydrogen-bond acceptors (Lipinski definition) is 2. The molecule has 0 unspecified atom stereocenters. The van der Waals surface area contributed by atoms with Crippen LogP contribution in [0.2, 0.25) is 0 Å². The molecule has 13 rings (SSSR count). The molecule has 4 heterocycles. The number of fused-ring (bicyclic) bond motifs is 7. The van der Waals surface area contributed by atoms with Crippen LogP contribution in [0.3, 0.4) is 0 Å². The molecular formula is C64H45N5OPt-2. The second-order valence-corrected chi connectivity index (χ2v) is 18.8. The van der Waals surface area contributed by atoms with Crippen LogP contribution in [0.5, 0.6) is 11.5 Å². The zero-order chi connectivity index (χ0) is 46.9. The quantitative estimate of drug-likeness (QED) is 0.112. The van der Waals surface area contributed by atoms with Gasteiger partial charge < -0.3 is 18.4 Å². The van der Waals surface area contributed by atoms with E-state index < -0.39 is 0 Å². The minimum atomic E-state index is -0.143. The molecule has 0 bridgehead atoms. The first-order valence-corrected chi connectivity index (χ1v) is 23.7. The van der Waals surface area contributed by atoms with Crippen molar-refractivity contribution in [2.75, 3.05) is 0 Å². The van der Waals surface area contributed by atoms with Gasteiger partial charge in [-0.1, -0.05) is 189 Å². The van der Waals surface area contributed by atoms with Crippen LogP contribution < -0.4 is 9.30 Å². The van der Waals surface area contributed by atoms with Crippen LogP contribution in [0.1, 0.15) is 26.3 Å². The molecule has 7 heteroatoms. The average molecular weight is 1100 g/mol. The van der Waals surface area contributed by atoms with E-state index in [9.17, 15) is 0 Å². The van der Waals surface area contributed by atoms with Gasteiger partial charge in [0, 0.05) is 65.5 Å². The number of nitrogens with zero attached hydrogens (tertiary/aromatic N) is 5. The average Bonchev–Trinajstić information content (AvgIpc) is 4.07. The first-order chi connectivity index (χ1) is 34.4. The van der Waals surface area contributed by atoms with Crippen molar-refractivity contribution >= 4 is 54.6 Å². The molecule has 9 aromatic carbocycles. The van der Waals surface area contributed by atoms with E-state index in [1.54, 1.807) is 0 Å². The first kappa shape index (κ1) is 43.9. The van der Waals surface area contributed by atoms with Crippen LogP contribution in [-0.4, -0.2) is 18.7 Å². The Morgan fingerprint density at radius 2 is 1.08 bits per heavy atom. The SMILES string of the molecule is CC(C)(C)c1cc(-c2ccccc2)nc(-n2c3[c-]c(Oc4[c-]c(-n5[c-][n+](-c6ccccc6-c6ccccc6)c6ccccc65)ccc4)c(-n4c5ccccc5c5ccccc54)cc3c3ccccc32)c1.[Pt]. The molecule has 0 aliphatic heterocycles. The van der Waals surface area contributed by atoms with Crippen LogP contribution in [-0.2, 0) is 26.5 Å². The maximum Gasteiger partial charge on any atom is 0.268 e. The number of pyridine rings is 1. The van der Waals surface area contributed by atoms with Crippen molar-refractivity contribution in [2.24, 2.45) is 0 Å². The predicted octanol–water partition coefficient (Wildman–Crippen LogP) is 15.3. The van der Waals surface area contributed by atoms with Gasteiger partial charge in [0.05, 0.1) is 22.4 Å². The Morgan fingerprint density at radius 1 is 0.507 bits per heavy atom. The number of ether oxygens (including phenoxy) is 1. The van der Waals surface area contributed by atoms with Gasteiger partial charge in [-0.3, -0.25) is 4.57 Å². The molecule has 0 aliphatic rings. The van der Waals surface area contributed by atoms with Gasteiger partial charge in [0.15, 0.2) is 0 Å². The number of aromatic nitrogens is 5. The minimum absolute atomic E-state index is 0. The van der Waals surface area contributed by atoms with E-state index in [-0.39, 0.29) is 26.5 Å². The second-order valence-electron chi connectivity index (χ2n) is 18.8. The molecule has 0 saturated heterocycles. The smallest absolute Gasteiger partial charge is 0.268 e. The minimum Gasteiger partial charge on any atom is -0.508 e. The van der Waals surface area contributed by atoms with Crippen molar-refractivity contribution in [3.63, 3.8) is 0 Å². The van der Waals surface area contributed by atoms with Gasteiger partial charge in [0.1, 0.15) is 5.82 Å². The molecular weight excluding hydrogens is 1050 g/mol. The van der Waals surface area contributed by atoms with Gasteiger partial charge in [-0.25, -0.2) is 4.98 Å². The van der Waals surface area contributed by atoms with Crippen LogP contribution in [0.15, 0.2) is 218 Å². The fourth-order valence-electron chi connectivity index (χ4n) is 10.1. The predicted molar refractivity (Wildman–Crippen MR) is 284 cm³/mol. The molecule has 4 aromatic heterocycles. The summed E-state index contributed by atoms with van der Waals surface area (Å²) < 4.78 is 16.0. The largest absolute Gasteiger partial charge is 0.508 e. The van der Waals surface area contributed by atoms with Crippen LogP contribution in [0, 0.1) is 18.5 Å². The fourth-order valence-corrected chi connectivity index (χ4v) is 10.1. The van der Waals surface area contributed by atoms with E-state index in [0.29, 0.717) is 11.5 Å². The maximum atomic E-state index is 7.24. The van der Waals surface area contributed by atoms with Crippen molar-refractivity contribution in [2.45, 2.75) is 26.2 Å². The summed E-state index contributed by atoms with van der Waals surface area (Å²) in [6.45, 7) is 6.76. The Kier molecular flexibility index (Phi) is 10.9. The molecule has 0 N–H and O–H groups in total. The summed E-state index contributed by atoms with van der Waals surface area (Å²) in [4.78, 5) is 5.43. The van der Waals surface area contributed by atoms with Crippen LogP contribution >= 0.6 is 0 Å². The van der Waals surface area contributed by atoms with Crippen LogP contribution in [0.25, 0.3) is 99.9 Å². The van der Waals surface area contributed by atoms with Gasteiger partial charge >= 0.3 is 0 Å². The zero-order valence-corrected chi connectivity index (χ0v) is 41.5. The Bertz CT molecular complexity index is 4090. The van der Waals surface area contributed by atoms with Crippen molar-refractivity contribution in [3.05, 3.63) is 242 Å². The molecule has 6 nitrogen and oxygen atoms in total. The summed E-state index contributed by atoms with van der Waals surface area (Å²) in [5, 5.41) is 4.45. The Labute approximate surface area is 426 Å². The van der Waals surface area contributed by atoms with E-state index >= 15 is 0 Å². The van der Waals surface area contributed by atoms with E-state index in [1.165, 1.54) is 5.56 Å². The topological polar surface area (TPSA) is 40.8 Å². The third-order valence-electron chi connectivity index (χ3n) is 13.5. The molecule has 344 valence electrons. The number of imidazole rings is 1. The standard InChI is InChI=1S/C64H45N5O.Pt/c1-64(2,3)45-37-53(44-23-8-5-9-24-44)65-63(38-45)69-57-34-17-13-30-51(57)52-40-61(68-55-32-15-11-28-49(55)50-29-12-16-33-56(50)68)62(41-60(52)69)70-47-26-20-25-46(39-47)66-42-67(59-36-19-18-35-58(59)66)54-31-14-10-27-48(54)43-21-6-4-7-22-43;/h4-38,40H,1-3H3;/q-2;. The van der Waals surface area contributed by atoms with E-state index in [4.69, 9.17) is 9.72 Å². The summed E-state index contributed by atoms with van der Waals surface area (Å²) in [6.07, 6.45) is 3.72. The third kappa shape index (κ3) is 7.54. The van der Waals surface area contributed by atoms with E-state index in [1.807, 2.05) is 24.3 Å². The van der Waals surface area contributed by atoms with E-state index in [2.05, 4.69) is 252 Å². The summed E-state index contributed by atoms with van der Waals surface area (Å²) in [6, 6.07) is 84.0. The summed E-state index contributed by atoms with van der Waals surface area (Å²) in [5.74, 6) is 1.91. The molecule has 0 fully saturated rings. The van der Waals surface area contributed by atoms with Crippen molar-refractivity contribution in [3.8, 4) is 56.8 Å². The van der Waals surface area contributed by atoms with Gasteiger partial charge in [0.2, 0.25) is 0 Å². The molecule has 13 aromatic rings. The van der Waals surface area contributed by atoms with Crippen molar-refractivity contribution < 1.29 is 30.4 Å². The van der Waals surface area contributed by atoms with Gasteiger partial charge in [-0.2, -0.15) is 12.1 Å². The maximum absolute atomic E-state index is 7.24. The van der Waals surface area contributed by atoms with Gasteiger partial charge in [-0.05, 0) is 75.3 Å². The molecule has 0 saturated carbocycles. The number of rotatable bonds is 8. The van der Waals surface area contributed by atoms with E-state index in [0.717, 1.165) is 99.9 Å². The van der Waals surface area contributed by atoms with Gasteiger partial charge in [0.25, 0.3) is 6.33 Å². The molecule has 0 radical (unpaired) electrons. The Hall–Kier alpha value is -8.31. The van der Waals surface area contributed by atoms with Gasteiger partial charge in [-0.15, -0.1) is 24.3 Å². The first-order valence-electron chi connectivity index (χ1n) is 23.7. The molecule has 0 atom stereocenters. The molecule has 0 spiro atoms. The zero-order valence-electron chi connectivity index (χ0n) is 39.2. The molecule has 0 amide bonds. The Balaban J connectivity index is 0.00000517. The Morgan fingerprint density at radius 3 is 1.77 bits per heavy atom. The molecule has 0 aliphatic carbocycles. The van der Waals surface area contributed by atoms with Crippen molar-refractivity contribution in [1.82, 2.24) is 18.7 Å². The fraction of sp³-hybridized carbons (Fsp3) is 0.0625. The summed E-state index contributed by atoms with van der Waals surface area (Å²) in [5.41, 5.74) is 14.0. The number of hydrogen-bond donors (Lipinski definition) is 0. The number of benzene rings is 9.